The predicted octanol–water partition coefficient (Wildman–Crippen LogP) is 3.38. The molecule has 0 fully saturated rings. The molecule has 0 aliphatic rings. The summed E-state index contributed by atoms with van der Waals surface area (Å²) < 4.78 is 24.0. The lowest BCUT2D eigenvalue weighted by atomic mass is 10.1. The van der Waals surface area contributed by atoms with Crippen molar-refractivity contribution < 1.29 is 18.7 Å². The second-order valence-corrected chi connectivity index (χ2v) is 3.98. The molecular formula is C15H14FNO3. The van der Waals surface area contributed by atoms with Gasteiger partial charge in [0.15, 0.2) is 17.3 Å². The molecule has 2 aromatic rings. The largest absolute Gasteiger partial charge is 0.462 e. The van der Waals surface area contributed by atoms with Gasteiger partial charge in [0.05, 0.1) is 12.3 Å². The maximum Gasteiger partial charge on any atom is 0.342 e. The molecule has 0 saturated carbocycles. The highest BCUT2D eigenvalue weighted by molar-refractivity contribution is 5.94. The Morgan fingerprint density at radius 3 is 2.65 bits per heavy atom. The first-order valence-electron chi connectivity index (χ1n) is 6.11. The summed E-state index contributed by atoms with van der Waals surface area (Å²) in [4.78, 5) is 11.8. The molecule has 2 rings (SSSR count). The smallest absolute Gasteiger partial charge is 0.342 e. The number of esters is 1. The van der Waals surface area contributed by atoms with Gasteiger partial charge >= 0.3 is 5.97 Å². The van der Waals surface area contributed by atoms with Crippen LogP contribution in [0.25, 0.3) is 0 Å². The molecule has 0 aliphatic heterocycles. The van der Waals surface area contributed by atoms with Crippen LogP contribution in [0.2, 0.25) is 0 Å². The molecule has 2 aromatic carbocycles. The Kier molecular flexibility index (Phi) is 4.20. The van der Waals surface area contributed by atoms with E-state index in [4.69, 9.17) is 15.2 Å². The highest BCUT2D eigenvalue weighted by Crippen LogP contribution is 2.32. The van der Waals surface area contributed by atoms with Crippen molar-refractivity contribution >= 4 is 11.7 Å². The van der Waals surface area contributed by atoms with Crippen LogP contribution in [0.5, 0.6) is 11.5 Å². The van der Waals surface area contributed by atoms with Gasteiger partial charge in [-0.3, -0.25) is 0 Å². The van der Waals surface area contributed by atoms with Crippen molar-refractivity contribution in [2.24, 2.45) is 0 Å². The third-order valence-electron chi connectivity index (χ3n) is 2.59. The fourth-order valence-corrected chi connectivity index (χ4v) is 1.68. The molecule has 0 spiro atoms. The van der Waals surface area contributed by atoms with Crippen LogP contribution in [0.4, 0.5) is 10.1 Å². The maximum absolute atomic E-state index is 13.6. The molecule has 2 N–H and O–H groups in total. The maximum atomic E-state index is 13.6. The molecule has 0 bridgehead atoms. The number of rotatable bonds is 4. The van der Waals surface area contributed by atoms with Crippen molar-refractivity contribution in [3.8, 4) is 11.5 Å². The summed E-state index contributed by atoms with van der Waals surface area (Å²) in [6.45, 7) is 1.92. The van der Waals surface area contributed by atoms with Gasteiger partial charge in [0.1, 0.15) is 5.56 Å². The van der Waals surface area contributed by atoms with Gasteiger partial charge in [0.2, 0.25) is 0 Å². The van der Waals surface area contributed by atoms with Crippen LogP contribution in [0.1, 0.15) is 17.3 Å². The van der Waals surface area contributed by atoms with E-state index < -0.39 is 11.8 Å². The number of para-hydroxylation sites is 2. The van der Waals surface area contributed by atoms with E-state index in [1.54, 1.807) is 31.2 Å². The molecule has 0 unspecified atom stereocenters. The van der Waals surface area contributed by atoms with E-state index in [0.717, 1.165) is 0 Å². The standard InChI is InChI=1S/C15H14FNO3/c1-2-19-15(18)10-6-5-8-12(17)14(10)20-13-9-4-3-7-11(13)16/h3-9H,2,17H2,1H3. The Hall–Kier alpha value is -2.56. The number of carbonyl (C=O) groups excluding carboxylic acids is 1. The first-order chi connectivity index (χ1) is 9.63. The molecule has 104 valence electrons. The zero-order chi connectivity index (χ0) is 14.5. The Morgan fingerprint density at radius 1 is 1.20 bits per heavy atom. The average molecular weight is 275 g/mol. The number of carbonyl (C=O) groups is 1. The number of halogens is 1. The van der Waals surface area contributed by atoms with Crippen molar-refractivity contribution in [2.45, 2.75) is 6.92 Å². The molecule has 5 heteroatoms. The monoisotopic (exact) mass is 275 g/mol. The molecule has 0 saturated heterocycles. The summed E-state index contributed by atoms with van der Waals surface area (Å²) >= 11 is 0. The van der Waals surface area contributed by atoms with Crippen molar-refractivity contribution in [3.05, 3.63) is 53.8 Å². The molecule has 0 aromatic heterocycles. The Morgan fingerprint density at radius 2 is 1.95 bits per heavy atom. The van der Waals surface area contributed by atoms with E-state index in [-0.39, 0.29) is 29.4 Å². The Bertz CT molecular complexity index is 628. The molecule has 4 nitrogen and oxygen atoms in total. The van der Waals surface area contributed by atoms with Crippen molar-refractivity contribution in [1.82, 2.24) is 0 Å². The number of nitrogens with two attached hydrogens (primary N) is 1. The minimum Gasteiger partial charge on any atom is -0.462 e. The van der Waals surface area contributed by atoms with E-state index in [1.807, 2.05) is 0 Å². The van der Waals surface area contributed by atoms with Crippen LogP contribution in [0, 0.1) is 5.82 Å². The molecule has 0 heterocycles. The number of hydrogen-bond acceptors (Lipinski definition) is 4. The Labute approximate surface area is 115 Å². The molecule has 0 atom stereocenters. The van der Waals surface area contributed by atoms with Gasteiger partial charge in [0.25, 0.3) is 0 Å². The minimum absolute atomic E-state index is 0.00375. The number of nitrogen functional groups attached to an aromatic ring is 1. The van der Waals surface area contributed by atoms with E-state index >= 15 is 0 Å². The van der Waals surface area contributed by atoms with Crippen LogP contribution in [0.3, 0.4) is 0 Å². The van der Waals surface area contributed by atoms with Gasteiger partial charge < -0.3 is 15.2 Å². The lowest BCUT2D eigenvalue weighted by molar-refractivity contribution is 0.0523. The molecule has 0 amide bonds. The number of hydrogen-bond donors (Lipinski definition) is 1. The normalized spacial score (nSPS) is 10.1. The predicted molar refractivity (Wildman–Crippen MR) is 73.3 cm³/mol. The quantitative estimate of drug-likeness (QED) is 0.686. The first kappa shape index (κ1) is 13.9. The SMILES string of the molecule is CCOC(=O)c1cccc(N)c1Oc1ccccc1F. The average Bonchev–Trinajstić information content (AvgIpc) is 2.43. The van der Waals surface area contributed by atoms with Gasteiger partial charge in [-0.15, -0.1) is 0 Å². The van der Waals surface area contributed by atoms with Gasteiger partial charge in [-0.25, -0.2) is 9.18 Å². The zero-order valence-electron chi connectivity index (χ0n) is 10.9. The lowest BCUT2D eigenvalue weighted by Gasteiger charge is -2.13. The second kappa shape index (κ2) is 6.06. The topological polar surface area (TPSA) is 61.5 Å². The number of anilines is 1. The summed E-state index contributed by atoms with van der Waals surface area (Å²) in [5, 5.41) is 0. The highest BCUT2D eigenvalue weighted by atomic mass is 19.1. The van der Waals surface area contributed by atoms with E-state index in [9.17, 15) is 9.18 Å². The van der Waals surface area contributed by atoms with Crippen LogP contribution in [-0.2, 0) is 4.74 Å². The van der Waals surface area contributed by atoms with Crippen molar-refractivity contribution in [2.75, 3.05) is 12.3 Å². The third-order valence-corrected chi connectivity index (χ3v) is 2.59. The van der Waals surface area contributed by atoms with Gasteiger partial charge in [0, 0.05) is 0 Å². The lowest BCUT2D eigenvalue weighted by Crippen LogP contribution is -2.08. The van der Waals surface area contributed by atoms with Crippen LogP contribution < -0.4 is 10.5 Å². The Balaban J connectivity index is 2.40. The second-order valence-electron chi connectivity index (χ2n) is 3.98. The first-order valence-corrected chi connectivity index (χ1v) is 6.11. The van der Waals surface area contributed by atoms with Crippen LogP contribution in [0.15, 0.2) is 42.5 Å². The van der Waals surface area contributed by atoms with Crippen LogP contribution >= 0.6 is 0 Å². The summed E-state index contributed by atoms with van der Waals surface area (Å²) in [5.74, 6) is -1.01. The van der Waals surface area contributed by atoms with Crippen molar-refractivity contribution in [3.63, 3.8) is 0 Å². The fourth-order valence-electron chi connectivity index (χ4n) is 1.68. The molecule has 0 radical (unpaired) electrons. The molecule has 20 heavy (non-hydrogen) atoms. The van der Waals surface area contributed by atoms with E-state index in [0.29, 0.717) is 0 Å². The van der Waals surface area contributed by atoms with Gasteiger partial charge in [-0.1, -0.05) is 18.2 Å². The fraction of sp³-hybridized carbons (Fsp3) is 0.133. The minimum atomic E-state index is -0.564. The van der Waals surface area contributed by atoms with E-state index in [2.05, 4.69) is 0 Å². The summed E-state index contributed by atoms with van der Waals surface area (Å²) in [6, 6.07) is 10.6. The summed E-state index contributed by atoms with van der Waals surface area (Å²) in [6.07, 6.45) is 0. The van der Waals surface area contributed by atoms with Crippen molar-refractivity contribution in [1.29, 1.82) is 0 Å². The zero-order valence-corrected chi connectivity index (χ0v) is 10.9. The van der Waals surface area contributed by atoms with Crippen LogP contribution in [-0.4, -0.2) is 12.6 Å². The number of benzene rings is 2. The summed E-state index contributed by atoms with van der Waals surface area (Å²) in [5.41, 5.74) is 6.20. The third kappa shape index (κ3) is 2.88. The molecule has 0 aliphatic carbocycles. The number of ether oxygens (including phenoxy) is 2. The molecular weight excluding hydrogens is 261 g/mol. The van der Waals surface area contributed by atoms with Gasteiger partial charge in [-0.05, 0) is 31.2 Å². The summed E-state index contributed by atoms with van der Waals surface area (Å²) in [7, 11) is 0. The highest BCUT2D eigenvalue weighted by Gasteiger charge is 2.18. The van der Waals surface area contributed by atoms with Gasteiger partial charge in [-0.2, -0.15) is 0 Å². The van der Waals surface area contributed by atoms with E-state index in [1.165, 1.54) is 18.2 Å².